The number of benzene rings is 3. The van der Waals surface area contributed by atoms with Crippen LogP contribution in [0.1, 0.15) is 15.9 Å². The number of sulfonamides is 1. The monoisotopic (exact) mass is 496 g/mol. The highest BCUT2D eigenvalue weighted by atomic mass is 32.2. The van der Waals surface area contributed by atoms with Gasteiger partial charge in [0, 0.05) is 30.4 Å². The smallest absolute Gasteiger partial charge is 0.338 e. The maximum Gasteiger partial charge on any atom is 0.338 e. The van der Waals surface area contributed by atoms with E-state index in [4.69, 9.17) is 14.2 Å². The van der Waals surface area contributed by atoms with Crippen LogP contribution in [0.3, 0.4) is 0 Å². The first-order valence-electron chi connectivity index (χ1n) is 10.7. The number of hydrogen-bond acceptors (Lipinski definition) is 7. The summed E-state index contributed by atoms with van der Waals surface area (Å²) in [5.41, 5.74) is 2.01. The second-order valence-corrected chi connectivity index (χ2v) is 9.57. The molecule has 35 heavy (non-hydrogen) atoms. The van der Waals surface area contributed by atoms with Crippen LogP contribution in [0, 0.1) is 0 Å². The Bertz CT molecular complexity index is 1350. The van der Waals surface area contributed by atoms with Gasteiger partial charge in [0.25, 0.3) is 15.9 Å². The summed E-state index contributed by atoms with van der Waals surface area (Å²) in [6.07, 6.45) is 0.616. The highest BCUT2D eigenvalue weighted by Gasteiger charge is 2.31. The summed E-state index contributed by atoms with van der Waals surface area (Å²) >= 11 is 0. The predicted molar refractivity (Wildman–Crippen MR) is 130 cm³/mol. The standard InChI is InChI=1S/C25H24N2O7S/c1-32-20-13-19(14-21(15-20)33-2)26-24(28)16-34-25(29)18-7-5-8-22(12-18)35(30,31)27-11-10-17-6-3-4-9-23(17)27/h3-9,12-15H,10-11,16H2,1-2H3,(H,26,28). The Morgan fingerprint density at radius 2 is 1.66 bits per heavy atom. The van der Waals surface area contributed by atoms with E-state index in [9.17, 15) is 18.0 Å². The molecule has 1 N–H and O–H groups in total. The fourth-order valence-electron chi connectivity index (χ4n) is 3.76. The second-order valence-electron chi connectivity index (χ2n) is 7.71. The maximum absolute atomic E-state index is 13.2. The minimum absolute atomic E-state index is 0.0226. The van der Waals surface area contributed by atoms with Crippen molar-refractivity contribution in [1.29, 1.82) is 0 Å². The van der Waals surface area contributed by atoms with Crippen molar-refractivity contribution in [2.45, 2.75) is 11.3 Å². The van der Waals surface area contributed by atoms with Crippen molar-refractivity contribution in [1.82, 2.24) is 0 Å². The van der Waals surface area contributed by atoms with Crippen LogP contribution in [0.25, 0.3) is 0 Å². The first-order valence-corrected chi connectivity index (χ1v) is 12.2. The molecule has 4 rings (SSSR count). The van der Waals surface area contributed by atoms with E-state index in [1.807, 2.05) is 12.1 Å². The summed E-state index contributed by atoms with van der Waals surface area (Å²) in [5.74, 6) is -0.432. The Morgan fingerprint density at radius 3 is 2.37 bits per heavy atom. The summed E-state index contributed by atoms with van der Waals surface area (Å²) in [5, 5.41) is 2.60. The third kappa shape index (κ3) is 5.22. The Labute approximate surface area is 203 Å². The largest absolute Gasteiger partial charge is 0.497 e. The van der Waals surface area contributed by atoms with Crippen molar-refractivity contribution < 1.29 is 32.2 Å². The zero-order chi connectivity index (χ0) is 25.0. The average Bonchev–Trinajstić information content (AvgIpc) is 3.32. The molecule has 0 unspecified atom stereocenters. The van der Waals surface area contributed by atoms with Gasteiger partial charge in [-0.15, -0.1) is 0 Å². The fraction of sp³-hybridized carbons (Fsp3) is 0.200. The van der Waals surface area contributed by atoms with Crippen molar-refractivity contribution >= 4 is 33.3 Å². The molecule has 0 spiro atoms. The normalized spacial score (nSPS) is 12.6. The molecule has 0 bridgehead atoms. The van der Waals surface area contributed by atoms with E-state index in [0.717, 1.165) is 5.56 Å². The number of para-hydroxylation sites is 1. The maximum atomic E-state index is 13.2. The number of amides is 1. The lowest BCUT2D eigenvalue weighted by molar-refractivity contribution is -0.119. The van der Waals surface area contributed by atoms with E-state index < -0.39 is 28.5 Å². The van der Waals surface area contributed by atoms with Crippen LogP contribution in [0.4, 0.5) is 11.4 Å². The van der Waals surface area contributed by atoms with E-state index in [-0.39, 0.29) is 10.5 Å². The van der Waals surface area contributed by atoms with E-state index in [0.29, 0.717) is 35.8 Å². The van der Waals surface area contributed by atoms with E-state index in [2.05, 4.69) is 5.32 Å². The molecule has 1 aliphatic rings. The van der Waals surface area contributed by atoms with Gasteiger partial charge in [0.1, 0.15) is 11.5 Å². The fourth-order valence-corrected chi connectivity index (χ4v) is 5.31. The lowest BCUT2D eigenvalue weighted by atomic mass is 10.2. The number of esters is 1. The number of carbonyl (C=O) groups excluding carboxylic acids is 2. The molecule has 182 valence electrons. The number of fused-ring (bicyclic) bond motifs is 1. The van der Waals surface area contributed by atoms with Gasteiger partial charge in [-0.1, -0.05) is 24.3 Å². The number of rotatable bonds is 8. The summed E-state index contributed by atoms with van der Waals surface area (Å²) in [6.45, 7) is -0.236. The molecule has 0 aliphatic carbocycles. The first kappa shape index (κ1) is 24.1. The first-order chi connectivity index (χ1) is 16.8. The summed E-state index contributed by atoms with van der Waals surface area (Å²) in [7, 11) is -0.901. The highest BCUT2D eigenvalue weighted by Crippen LogP contribution is 2.33. The van der Waals surface area contributed by atoms with Crippen molar-refractivity contribution in [3.8, 4) is 11.5 Å². The van der Waals surface area contributed by atoms with Crippen LogP contribution < -0.4 is 19.1 Å². The topological polar surface area (TPSA) is 111 Å². The molecular weight excluding hydrogens is 472 g/mol. The molecule has 3 aromatic rings. The third-order valence-electron chi connectivity index (χ3n) is 5.47. The van der Waals surface area contributed by atoms with Crippen LogP contribution in [0.2, 0.25) is 0 Å². The van der Waals surface area contributed by atoms with Gasteiger partial charge in [-0.2, -0.15) is 0 Å². The molecule has 0 saturated heterocycles. The Morgan fingerprint density at radius 1 is 0.943 bits per heavy atom. The van der Waals surface area contributed by atoms with Gasteiger partial charge >= 0.3 is 5.97 Å². The third-order valence-corrected chi connectivity index (χ3v) is 7.28. The SMILES string of the molecule is COc1cc(NC(=O)COC(=O)c2cccc(S(=O)(=O)N3CCc4ccccc43)c2)cc(OC)c1. The summed E-state index contributed by atoms with van der Waals surface area (Å²) in [4.78, 5) is 24.8. The zero-order valence-corrected chi connectivity index (χ0v) is 20.0. The van der Waals surface area contributed by atoms with Gasteiger partial charge in [0.15, 0.2) is 6.61 Å². The van der Waals surface area contributed by atoms with Crippen molar-refractivity contribution in [3.63, 3.8) is 0 Å². The van der Waals surface area contributed by atoms with Crippen LogP contribution in [-0.2, 0) is 26.0 Å². The van der Waals surface area contributed by atoms with Gasteiger partial charge in [-0.25, -0.2) is 13.2 Å². The number of nitrogens with one attached hydrogen (secondary N) is 1. The Balaban J connectivity index is 1.43. The van der Waals surface area contributed by atoms with E-state index >= 15 is 0 Å². The van der Waals surface area contributed by atoms with Gasteiger partial charge in [-0.05, 0) is 36.2 Å². The molecule has 0 fully saturated rings. The minimum atomic E-state index is -3.87. The number of methoxy groups -OCH3 is 2. The molecular formula is C25H24N2O7S. The minimum Gasteiger partial charge on any atom is -0.497 e. The number of hydrogen-bond donors (Lipinski definition) is 1. The molecule has 3 aromatic carbocycles. The molecule has 9 nitrogen and oxygen atoms in total. The van der Waals surface area contributed by atoms with Crippen LogP contribution >= 0.6 is 0 Å². The Hall–Kier alpha value is -4.05. The average molecular weight is 497 g/mol. The molecule has 1 aliphatic heterocycles. The summed E-state index contributed by atoms with van der Waals surface area (Å²) in [6, 6.07) is 17.7. The Kier molecular flexibility index (Phi) is 6.92. The number of ether oxygens (including phenoxy) is 3. The molecule has 0 atom stereocenters. The molecule has 10 heteroatoms. The van der Waals surface area contributed by atoms with Crippen LogP contribution in [-0.4, -0.2) is 47.7 Å². The van der Waals surface area contributed by atoms with Crippen molar-refractivity contribution in [2.75, 3.05) is 37.0 Å². The van der Waals surface area contributed by atoms with Gasteiger partial charge in [-0.3, -0.25) is 9.10 Å². The van der Waals surface area contributed by atoms with Crippen molar-refractivity contribution in [3.05, 3.63) is 77.9 Å². The number of anilines is 2. The van der Waals surface area contributed by atoms with E-state index in [1.165, 1.54) is 42.8 Å². The van der Waals surface area contributed by atoms with Crippen molar-refractivity contribution in [2.24, 2.45) is 0 Å². The van der Waals surface area contributed by atoms with E-state index in [1.54, 1.807) is 30.3 Å². The molecule has 0 saturated carbocycles. The predicted octanol–water partition coefficient (Wildman–Crippen LogP) is 3.25. The van der Waals surface area contributed by atoms with Gasteiger partial charge in [0.05, 0.1) is 30.4 Å². The van der Waals surface area contributed by atoms with Gasteiger partial charge < -0.3 is 19.5 Å². The molecule has 0 radical (unpaired) electrons. The number of carbonyl (C=O) groups is 2. The number of nitrogens with zero attached hydrogens (tertiary/aromatic N) is 1. The highest BCUT2D eigenvalue weighted by molar-refractivity contribution is 7.92. The summed E-state index contributed by atoms with van der Waals surface area (Å²) < 4.78 is 43.2. The molecule has 1 amide bonds. The lowest BCUT2D eigenvalue weighted by Gasteiger charge is -2.19. The zero-order valence-electron chi connectivity index (χ0n) is 19.2. The van der Waals surface area contributed by atoms with Gasteiger partial charge in [0.2, 0.25) is 0 Å². The lowest BCUT2D eigenvalue weighted by Crippen LogP contribution is -2.29. The van der Waals surface area contributed by atoms with Crippen LogP contribution in [0.5, 0.6) is 11.5 Å². The van der Waals surface area contributed by atoms with Crippen LogP contribution in [0.15, 0.2) is 71.6 Å². The second kappa shape index (κ2) is 10.1. The molecule has 1 heterocycles. The molecule has 0 aromatic heterocycles. The quantitative estimate of drug-likeness (QED) is 0.477.